The van der Waals surface area contributed by atoms with Gasteiger partial charge in [0.25, 0.3) is 0 Å². The van der Waals surface area contributed by atoms with Crippen LogP contribution in [0.1, 0.15) is 49.8 Å². The summed E-state index contributed by atoms with van der Waals surface area (Å²) in [5.74, 6) is 1.95. The average molecular weight is 225 g/mol. The lowest BCUT2D eigenvalue weighted by Gasteiger charge is -2.19. The first-order valence-electron chi connectivity index (χ1n) is 5.98. The van der Waals surface area contributed by atoms with E-state index >= 15 is 0 Å². The van der Waals surface area contributed by atoms with Gasteiger partial charge in [0, 0.05) is 24.3 Å². The lowest BCUT2D eigenvalue weighted by molar-refractivity contribution is 0.274. The lowest BCUT2D eigenvalue weighted by Crippen LogP contribution is -2.29. The van der Waals surface area contributed by atoms with Gasteiger partial charge >= 0.3 is 0 Å². The van der Waals surface area contributed by atoms with Gasteiger partial charge < -0.3 is 14.8 Å². The molecule has 2 unspecified atom stereocenters. The molecule has 1 aromatic rings. The summed E-state index contributed by atoms with van der Waals surface area (Å²) < 4.78 is 5.52. The van der Waals surface area contributed by atoms with Gasteiger partial charge in [0.15, 0.2) is 0 Å². The molecule has 2 N–H and O–H groups in total. The maximum absolute atomic E-state index is 8.77. The Morgan fingerprint density at radius 3 is 2.56 bits per heavy atom. The Bertz CT molecular complexity index is 320. The molecule has 0 radical (unpaired) electrons. The van der Waals surface area contributed by atoms with Crippen LogP contribution in [0.25, 0.3) is 0 Å². The zero-order valence-electron chi connectivity index (χ0n) is 10.7. The van der Waals surface area contributed by atoms with E-state index in [0.29, 0.717) is 12.1 Å². The molecule has 1 heterocycles. The van der Waals surface area contributed by atoms with E-state index in [2.05, 4.69) is 25.2 Å². The fraction of sp³-hybridized carbons (Fsp3) is 0.692. The van der Waals surface area contributed by atoms with Crippen LogP contribution in [-0.2, 0) is 0 Å². The highest BCUT2D eigenvalue weighted by molar-refractivity contribution is 5.23. The van der Waals surface area contributed by atoms with Gasteiger partial charge in [0.2, 0.25) is 0 Å². The highest BCUT2D eigenvalue weighted by atomic mass is 16.3. The quantitative estimate of drug-likeness (QED) is 0.782. The number of rotatable bonds is 6. The topological polar surface area (TPSA) is 45.4 Å². The van der Waals surface area contributed by atoms with E-state index < -0.39 is 0 Å². The molecule has 16 heavy (non-hydrogen) atoms. The third-order valence-electron chi connectivity index (χ3n) is 2.88. The summed E-state index contributed by atoms with van der Waals surface area (Å²) in [5, 5.41) is 12.3. The molecule has 0 fully saturated rings. The minimum Gasteiger partial charge on any atom is -0.466 e. The molecule has 0 saturated heterocycles. The molecule has 0 bridgehead atoms. The third kappa shape index (κ3) is 3.65. The molecule has 0 aliphatic rings. The Morgan fingerprint density at radius 1 is 1.38 bits per heavy atom. The summed E-state index contributed by atoms with van der Waals surface area (Å²) in [6.45, 7) is 8.53. The molecule has 3 nitrogen and oxygen atoms in total. The number of nitrogens with one attached hydrogen (secondary N) is 1. The SMILES string of the molecule is Cc1cc(C(C)NC(C)CCCO)c(C)o1. The predicted molar refractivity (Wildman–Crippen MR) is 65.5 cm³/mol. The zero-order valence-corrected chi connectivity index (χ0v) is 10.7. The van der Waals surface area contributed by atoms with Gasteiger partial charge in [-0.3, -0.25) is 0 Å². The molecule has 1 rings (SSSR count). The highest BCUT2D eigenvalue weighted by Crippen LogP contribution is 2.21. The number of hydrogen-bond acceptors (Lipinski definition) is 3. The smallest absolute Gasteiger partial charge is 0.105 e. The van der Waals surface area contributed by atoms with Crippen LogP contribution >= 0.6 is 0 Å². The third-order valence-corrected chi connectivity index (χ3v) is 2.88. The van der Waals surface area contributed by atoms with Crippen LogP contribution in [0, 0.1) is 13.8 Å². The van der Waals surface area contributed by atoms with Crippen molar-refractivity contribution >= 4 is 0 Å². The summed E-state index contributed by atoms with van der Waals surface area (Å²) in [4.78, 5) is 0. The Labute approximate surface area is 97.9 Å². The molecule has 0 aromatic carbocycles. The van der Waals surface area contributed by atoms with E-state index in [1.165, 1.54) is 5.56 Å². The first-order chi connectivity index (χ1) is 7.54. The number of aryl methyl sites for hydroxylation is 2. The Kier molecular flexibility index (Phi) is 5.03. The van der Waals surface area contributed by atoms with Gasteiger partial charge in [-0.1, -0.05) is 0 Å². The molecule has 0 saturated carbocycles. The molecular weight excluding hydrogens is 202 g/mol. The summed E-state index contributed by atoms with van der Waals surface area (Å²) in [6, 6.07) is 2.80. The second-order valence-corrected chi connectivity index (χ2v) is 4.52. The Balaban J connectivity index is 2.51. The molecule has 92 valence electrons. The largest absolute Gasteiger partial charge is 0.466 e. The van der Waals surface area contributed by atoms with Crippen molar-refractivity contribution in [2.45, 2.75) is 52.6 Å². The minimum atomic E-state index is 0.268. The molecule has 2 atom stereocenters. The Hall–Kier alpha value is -0.800. The summed E-state index contributed by atoms with van der Waals surface area (Å²) >= 11 is 0. The van der Waals surface area contributed by atoms with Crippen LogP contribution in [0.2, 0.25) is 0 Å². The molecule has 0 aliphatic heterocycles. The number of aliphatic hydroxyl groups is 1. The van der Waals surface area contributed by atoms with E-state index in [-0.39, 0.29) is 6.61 Å². The maximum atomic E-state index is 8.77. The summed E-state index contributed by atoms with van der Waals surface area (Å²) in [5.41, 5.74) is 1.23. The van der Waals surface area contributed by atoms with Gasteiger partial charge in [0.1, 0.15) is 11.5 Å². The average Bonchev–Trinajstić information content (AvgIpc) is 2.54. The molecule has 0 spiro atoms. The van der Waals surface area contributed by atoms with Gasteiger partial charge in [-0.15, -0.1) is 0 Å². The predicted octanol–water partition coefficient (Wildman–Crippen LogP) is 2.71. The van der Waals surface area contributed by atoms with Crippen LogP contribution in [-0.4, -0.2) is 17.8 Å². The van der Waals surface area contributed by atoms with Crippen LogP contribution in [0.4, 0.5) is 0 Å². The van der Waals surface area contributed by atoms with Crippen molar-refractivity contribution in [3.63, 3.8) is 0 Å². The number of furan rings is 1. The van der Waals surface area contributed by atoms with Crippen molar-refractivity contribution in [2.75, 3.05) is 6.61 Å². The van der Waals surface area contributed by atoms with Crippen molar-refractivity contribution in [3.8, 4) is 0 Å². The van der Waals surface area contributed by atoms with E-state index in [1.807, 2.05) is 13.8 Å². The fourth-order valence-electron chi connectivity index (χ4n) is 2.08. The van der Waals surface area contributed by atoms with Crippen molar-refractivity contribution in [1.82, 2.24) is 5.32 Å². The van der Waals surface area contributed by atoms with Gasteiger partial charge in [-0.25, -0.2) is 0 Å². The zero-order chi connectivity index (χ0) is 12.1. The van der Waals surface area contributed by atoms with Crippen molar-refractivity contribution in [2.24, 2.45) is 0 Å². The van der Waals surface area contributed by atoms with Gasteiger partial charge in [-0.05, 0) is 46.6 Å². The molecule has 3 heteroatoms. The monoisotopic (exact) mass is 225 g/mol. The minimum absolute atomic E-state index is 0.268. The van der Waals surface area contributed by atoms with Crippen molar-refractivity contribution < 1.29 is 9.52 Å². The maximum Gasteiger partial charge on any atom is 0.105 e. The van der Waals surface area contributed by atoms with Crippen LogP contribution in [0.3, 0.4) is 0 Å². The second kappa shape index (κ2) is 6.06. The number of aliphatic hydroxyl groups excluding tert-OH is 1. The fourth-order valence-corrected chi connectivity index (χ4v) is 2.08. The molecule has 1 aromatic heterocycles. The standard InChI is InChI=1S/C13H23NO2/c1-9(6-5-7-15)14-11(3)13-8-10(2)16-12(13)4/h8-9,11,14-15H,5-7H2,1-4H3. The lowest BCUT2D eigenvalue weighted by atomic mass is 10.1. The van der Waals surface area contributed by atoms with Gasteiger partial charge in [-0.2, -0.15) is 0 Å². The summed E-state index contributed by atoms with van der Waals surface area (Å²) in [7, 11) is 0. The normalized spacial score (nSPS) is 15.1. The molecular formula is C13H23NO2. The van der Waals surface area contributed by atoms with Crippen molar-refractivity contribution in [1.29, 1.82) is 0 Å². The number of hydrogen-bond donors (Lipinski definition) is 2. The first kappa shape index (κ1) is 13.3. The van der Waals surface area contributed by atoms with Crippen LogP contribution < -0.4 is 5.32 Å². The second-order valence-electron chi connectivity index (χ2n) is 4.52. The summed E-state index contributed by atoms with van der Waals surface area (Å²) in [6.07, 6.45) is 1.85. The molecule has 0 aliphatic carbocycles. The molecule has 0 amide bonds. The highest BCUT2D eigenvalue weighted by Gasteiger charge is 2.14. The van der Waals surface area contributed by atoms with Crippen LogP contribution in [0.15, 0.2) is 10.5 Å². The van der Waals surface area contributed by atoms with E-state index in [1.54, 1.807) is 0 Å². The van der Waals surface area contributed by atoms with Crippen molar-refractivity contribution in [3.05, 3.63) is 23.2 Å². The van der Waals surface area contributed by atoms with Gasteiger partial charge in [0.05, 0.1) is 0 Å². The Morgan fingerprint density at radius 2 is 2.06 bits per heavy atom. The van der Waals surface area contributed by atoms with E-state index in [0.717, 1.165) is 24.4 Å². The van der Waals surface area contributed by atoms with Crippen LogP contribution in [0.5, 0.6) is 0 Å². The van der Waals surface area contributed by atoms with E-state index in [4.69, 9.17) is 9.52 Å². The van der Waals surface area contributed by atoms with E-state index in [9.17, 15) is 0 Å². The first-order valence-corrected chi connectivity index (χ1v) is 5.98.